The van der Waals surface area contributed by atoms with Crippen LogP contribution in [0.3, 0.4) is 0 Å². The van der Waals surface area contributed by atoms with Crippen molar-refractivity contribution in [1.82, 2.24) is 19.3 Å². The summed E-state index contributed by atoms with van der Waals surface area (Å²) in [6, 6.07) is 8.04. The van der Waals surface area contributed by atoms with E-state index in [2.05, 4.69) is 20.3 Å². The first-order valence-corrected chi connectivity index (χ1v) is 10.9. The van der Waals surface area contributed by atoms with E-state index in [1.165, 1.54) is 7.05 Å². The van der Waals surface area contributed by atoms with Crippen molar-refractivity contribution in [3.63, 3.8) is 0 Å². The lowest BCUT2D eigenvalue weighted by molar-refractivity contribution is 0.126. The van der Waals surface area contributed by atoms with Crippen LogP contribution in [0.4, 0.5) is 0 Å². The first-order chi connectivity index (χ1) is 13.1. The molecule has 0 bridgehead atoms. The average Bonchev–Trinajstić information content (AvgIpc) is 3.04. The van der Waals surface area contributed by atoms with Gasteiger partial charge in [0.05, 0.1) is 23.0 Å². The molecule has 0 fully saturated rings. The Kier molecular flexibility index (Phi) is 6.41. The molecule has 2 heterocycles. The Morgan fingerprint density at radius 2 is 1.96 bits per heavy atom. The number of aryl methyl sites for hydroxylation is 1. The topological polar surface area (TPSA) is 86.1 Å². The number of imidazole rings is 1. The number of unbranched alkanes of at least 4 members (excludes halogenated alkanes) is 2. The minimum atomic E-state index is -3.13. The van der Waals surface area contributed by atoms with Crippen molar-refractivity contribution in [2.75, 3.05) is 19.4 Å². The van der Waals surface area contributed by atoms with E-state index in [1.54, 1.807) is 0 Å². The molecule has 0 aliphatic carbocycles. The number of fused-ring (bicyclic) bond motifs is 3. The molecular formula is C19H26N4O3S. The van der Waals surface area contributed by atoms with Crippen LogP contribution >= 0.6 is 0 Å². The van der Waals surface area contributed by atoms with Crippen LogP contribution in [0.1, 0.15) is 32.0 Å². The summed E-state index contributed by atoms with van der Waals surface area (Å²) in [6.07, 6.45) is 4.15. The predicted molar refractivity (Wildman–Crippen MR) is 107 cm³/mol. The van der Waals surface area contributed by atoms with Gasteiger partial charge >= 0.3 is 0 Å². The molecule has 3 rings (SSSR count). The largest absolute Gasteiger partial charge is 0.374 e. The van der Waals surface area contributed by atoms with Crippen LogP contribution in [-0.4, -0.2) is 42.4 Å². The second-order valence-electron chi connectivity index (χ2n) is 6.41. The molecule has 0 atom stereocenters. The fourth-order valence-corrected chi connectivity index (χ4v) is 3.98. The van der Waals surface area contributed by atoms with E-state index in [0.29, 0.717) is 19.6 Å². The second-order valence-corrected chi connectivity index (χ2v) is 8.46. The van der Waals surface area contributed by atoms with Crippen molar-refractivity contribution in [1.29, 1.82) is 0 Å². The molecule has 0 amide bonds. The van der Waals surface area contributed by atoms with E-state index in [-0.39, 0.29) is 5.75 Å². The summed E-state index contributed by atoms with van der Waals surface area (Å²) in [6.45, 7) is 3.82. The SMILES string of the molecule is CCOCc1nc2cnc3ccccc3c2n1CCCCCS(=O)(=O)NC. The number of aromatic nitrogens is 3. The normalized spacial score (nSPS) is 12.2. The lowest BCUT2D eigenvalue weighted by atomic mass is 10.2. The number of nitrogens with one attached hydrogen (secondary N) is 1. The summed E-state index contributed by atoms with van der Waals surface area (Å²) < 4.78 is 33.2. The molecule has 0 saturated carbocycles. The molecule has 0 saturated heterocycles. The Morgan fingerprint density at radius 3 is 2.74 bits per heavy atom. The van der Waals surface area contributed by atoms with Crippen LogP contribution < -0.4 is 4.72 Å². The zero-order valence-electron chi connectivity index (χ0n) is 15.8. The van der Waals surface area contributed by atoms with Gasteiger partial charge in [0.1, 0.15) is 17.9 Å². The third-order valence-electron chi connectivity index (χ3n) is 4.60. The third-order valence-corrected chi connectivity index (χ3v) is 6.05. The zero-order valence-corrected chi connectivity index (χ0v) is 16.6. The van der Waals surface area contributed by atoms with Gasteiger partial charge in [0.25, 0.3) is 0 Å². The molecule has 1 N–H and O–H groups in total. The van der Waals surface area contributed by atoms with Crippen LogP contribution in [0, 0.1) is 0 Å². The van der Waals surface area contributed by atoms with Crippen LogP contribution in [0.2, 0.25) is 0 Å². The van der Waals surface area contributed by atoms with Gasteiger partial charge in [0.15, 0.2) is 0 Å². The van der Waals surface area contributed by atoms with Crippen molar-refractivity contribution in [2.45, 2.75) is 39.3 Å². The van der Waals surface area contributed by atoms with Gasteiger partial charge in [-0.3, -0.25) is 4.98 Å². The number of nitrogens with zero attached hydrogens (tertiary/aromatic N) is 3. The Morgan fingerprint density at radius 1 is 1.15 bits per heavy atom. The third kappa shape index (κ3) is 4.63. The second kappa shape index (κ2) is 8.77. The molecule has 27 heavy (non-hydrogen) atoms. The molecule has 1 aromatic carbocycles. The van der Waals surface area contributed by atoms with E-state index in [9.17, 15) is 8.42 Å². The Bertz CT molecular complexity index is 1010. The van der Waals surface area contributed by atoms with E-state index in [0.717, 1.165) is 47.1 Å². The predicted octanol–water partition coefficient (Wildman–Crippen LogP) is 2.84. The molecular weight excluding hydrogens is 364 g/mol. The van der Waals surface area contributed by atoms with Gasteiger partial charge in [-0.1, -0.05) is 24.6 Å². The van der Waals surface area contributed by atoms with Crippen molar-refractivity contribution in [3.05, 3.63) is 36.3 Å². The molecule has 8 heteroatoms. The number of rotatable bonds is 10. The number of hydrogen-bond donors (Lipinski definition) is 1. The smallest absolute Gasteiger partial charge is 0.211 e. The van der Waals surface area contributed by atoms with Gasteiger partial charge in [-0.2, -0.15) is 0 Å². The first-order valence-electron chi connectivity index (χ1n) is 9.27. The summed E-state index contributed by atoms with van der Waals surface area (Å²) >= 11 is 0. The van der Waals surface area contributed by atoms with Gasteiger partial charge in [0.2, 0.25) is 10.0 Å². The number of sulfonamides is 1. The van der Waals surface area contributed by atoms with E-state index < -0.39 is 10.0 Å². The summed E-state index contributed by atoms with van der Waals surface area (Å²) in [5.41, 5.74) is 2.87. The highest BCUT2D eigenvalue weighted by Crippen LogP contribution is 2.25. The van der Waals surface area contributed by atoms with Crippen molar-refractivity contribution < 1.29 is 13.2 Å². The van der Waals surface area contributed by atoms with Crippen molar-refractivity contribution in [2.24, 2.45) is 0 Å². The lowest BCUT2D eigenvalue weighted by Crippen LogP contribution is -2.21. The molecule has 146 valence electrons. The molecule has 7 nitrogen and oxygen atoms in total. The van der Waals surface area contributed by atoms with Crippen LogP contribution in [-0.2, 0) is 27.9 Å². The summed E-state index contributed by atoms with van der Waals surface area (Å²) in [4.78, 5) is 9.22. The molecule has 0 radical (unpaired) electrons. The first kappa shape index (κ1) is 19.7. The molecule has 3 aromatic rings. The van der Waals surface area contributed by atoms with Crippen molar-refractivity contribution >= 4 is 32.0 Å². The van der Waals surface area contributed by atoms with Crippen LogP contribution in [0.15, 0.2) is 30.5 Å². The molecule has 0 spiro atoms. The maximum absolute atomic E-state index is 11.5. The molecule has 2 aromatic heterocycles. The van der Waals surface area contributed by atoms with Crippen LogP contribution in [0.25, 0.3) is 21.9 Å². The Labute approximate surface area is 159 Å². The van der Waals surface area contributed by atoms with Gasteiger partial charge in [0, 0.05) is 18.5 Å². The Balaban J connectivity index is 1.83. The zero-order chi connectivity index (χ0) is 19.3. The number of ether oxygens (including phenoxy) is 1. The number of para-hydroxylation sites is 1. The monoisotopic (exact) mass is 390 g/mol. The highest BCUT2D eigenvalue weighted by atomic mass is 32.2. The van der Waals surface area contributed by atoms with E-state index >= 15 is 0 Å². The van der Waals surface area contributed by atoms with Gasteiger partial charge in [-0.25, -0.2) is 18.1 Å². The van der Waals surface area contributed by atoms with Gasteiger partial charge in [-0.15, -0.1) is 0 Å². The minimum absolute atomic E-state index is 0.160. The van der Waals surface area contributed by atoms with E-state index in [4.69, 9.17) is 9.72 Å². The highest BCUT2D eigenvalue weighted by Gasteiger charge is 2.14. The molecule has 0 aliphatic heterocycles. The van der Waals surface area contributed by atoms with Crippen molar-refractivity contribution in [3.8, 4) is 0 Å². The maximum atomic E-state index is 11.5. The molecule has 0 aliphatic rings. The Hall–Kier alpha value is -2.03. The minimum Gasteiger partial charge on any atom is -0.374 e. The number of hydrogen-bond acceptors (Lipinski definition) is 5. The quantitative estimate of drug-likeness (QED) is 0.538. The number of pyridine rings is 1. The maximum Gasteiger partial charge on any atom is 0.211 e. The summed E-state index contributed by atoms with van der Waals surface area (Å²) in [7, 11) is -1.68. The fourth-order valence-electron chi connectivity index (χ4n) is 3.20. The molecule has 0 unspecified atom stereocenters. The highest BCUT2D eigenvalue weighted by molar-refractivity contribution is 7.89. The fraction of sp³-hybridized carbons (Fsp3) is 0.474. The van der Waals surface area contributed by atoms with E-state index in [1.807, 2.05) is 31.3 Å². The summed E-state index contributed by atoms with van der Waals surface area (Å²) in [5, 5.41) is 1.07. The summed E-state index contributed by atoms with van der Waals surface area (Å²) in [5.74, 6) is 1.04. The standard InChI is InChI=1S/C19H26N4O3S/c1-3-26-14-18-22-17-13-21-16-10-6-5-9-15(16)19(17)23(18)11-7-4-8-12-27(24,25)20-2/h5-6,9-10,13,20H,3-4,7-8,11-12,14H2,1-2H3. The van der Waals surface area contributed by atoms with Gasteiger partial charge < -0.3 is 9.30 Å². The van der Waals surface area contributed by atoms with Crippen LogP contribution in [0.5, 0.6) is 0 Å². The lowest BCUT2D eigenvalue weighted by Gasteiger charge is -2.11. The average molecular weight is 391 g/mol. The van der Waals surface area contributed by atoms with Gasteiger partial charge in [-0.05, 0) is 32.9 Å². The number of benzene rings is 1.